The van der Waals surface area contributed by atoms with Crippen molar-refractivity contribution >= 4 is 21.5 Å². The summed E-state index contributed by atoms with van der Waals surface area (Å²) in [7, 11) is 0. The van der Waals surface area contributed by atoms with E-state index < -0.39 is 0 Å². The van der Waals surface area contributed by atoms with Gasteiger partial charge >= 0.3 is 0 Å². The predicted molar refractivity (Wildman–Crippen MR) is 164 cm³/mol. The molecule has 0 bridgehead atoms. The van der Waals surface area contributed by atoms with Gasteiger partial charge < -0.3 is 8.83 Å². The summed E-state index contributed by atoms with van der Waals surface area (Å²) in [5, 5.41) is 4.44. The molecule has 42 heavy (non-hydrogen) atoms. The van der Waals surface area contributed by atoms with Gasteiger partial charge in [0.05, 0.1) is 23.5 Å². The topological polar surface area (TPSA) is 77.8 Å². The van der Waals surface area contributed by atoms with Crippen LogP contribution in [0.15, 0.2) is 143 Å². The van der Waals surface area contributed by atoms with E-state index >= 15 is 0 Å². The van der Waals surface area contributed by atoms with E-state index in [2.05, 4.69) is 98.8 Å². The second-order valence-electron chi connectivity index (χ2n) is 10.0. The van der Waals surface area contributed by atoms with E-state index in [1.165, 1.54) is 0 Å². The van der Waals surface area contributed by atoms with Crippen molar-refractivity contribution in [1.29, 1.82) is 0 Å². The van der Waals surface area contributed by atoms with Gasteiger partial charge in [0.15, 0.2) is 0 Å². The SMILES string of the molecule is c1ccc(-c2ccc3c(-c4cncc(-c5ncco5)c4)c4ccccc4c(-c4cncc(-c5ncco5)c4)c3c2)cc1. The van der Waals surface area contributed by atoms with E-state index in [1.807, 2.05) is 18.5 Å². The highest BCUT2D eigenvalue weighted by molar-refractivity contribution is 6.22. The van der Waals surface area contributed by atoms with Crippen LogP contribution in [0.3, 0.4) is 0 Å². The highest BCUT2D eigenvalue weighted by Gasteiger charge is 2.19. The lowest BCUT2D eigenvalue weighted by atomic mass is 9.85. The average molecular weight is 543 g/mol. The predicted octanol–water partition coefficient (Wildman–Crippen LogP) is 9.09. The molecule has 0 unspecified atom stereocenters. The first-order valence-corrected chi connectivity index (χ1v) is 13.6. The number of nitrogens with zero attached hydrogens (tertiary/aromatic N) is 4. The second kappa shape index (κ2) is 9.94. The van der Waals surface area contributed by atoms with Crippen molar-refractivity contribution in [2.24, 2.45) is 0 Å². The number of hydrogen-bond acceptors (Lipinski definition) is 6. The zero-order valence-corrected chi connectivity index (χ0v) is 22.3. The maximum Gasteiger partial charge on any atom is 0.227 e. The van der Waals surface area contributed by atoms with Crippen molar-refractivity contribution in [2.45, 2.75) is 0 Å². The van der Waals surface area contributed by atoms with Crippen molar-refractivity contribution in [3.8, 4) is 56.3 Å². The summed E-state index contributed by atoms with van der Waals surface area (Å²) in [5.74, 6) is 1.07. The highest BCUT2D eigenvalue weighted by Crippen LogP contribution is 2.45. The van der Waals surface area contributed by atoms with Crippen LogP contribution in [0.1, 0.15) is 0 Å². The van der Waals surface area contributed by atoms with Crippen LogP contribution in [0.4, 0.5) is 0 Å². The molecule has 0 radical (unpaired) electrons. The molecule has 0 saturated heterocycles. The Kier molecular flexibility index (Phi) is 5.67. The molecule has 4 aromatic carbocycles. The first-order valence-electron chi connectivity index (χ1n) is 13.6. The van der Waals surface area contributed by atoms with Gasteiger partial charge in [-0.1, -0.05) is 66.7 Å². The van der Waals surface area contributed by atoms with Crippen LogP contribution in [-0.4, -0.2) is 19.9 Å². The molecule has 0 N–H and O–H groups in total. The first kappa shape index (κ1) is 24.0. The smallest absolute Gasteiger partial charge is 0.227 e. The molecule has 0 fully saturated rings. The molecule has 4 aromatic heterocycles. The van der Waals surface area contributed by atoms with Crippen molar-refractivity contribution in [1.82, 2.24) is 19.9 Å². The summed E-state index contributed by atoms with van der Waals surface area (Å²) in [5.41, 5.74) is 8.09. The van der Waals surface area contributed by atoms with Gasteiger partial charge in [0.1, 0.15) is 12.5 Å². The van der Waals surface area contributed by atoms with Crippen molar-refractivity contribution in [2.75, 3.05) is 0 Å². The molecular weight excluding hydrogens is 520 g/mol. The van der Waals surface area contributed by atoms with Gasteiger partial charge in [0.2, 0.25) is 11.8 Å². The Hall–Kier alpha value is -5.88. The monoisotopic (exact) mass is 542 g/mol. The van der Waals surface area contributed by atoms with E-state index in [0.717, 1.165) is 66.1 Å². The fraction of sp³-hybridized carbons (Fsp3) is 0. The van der Waals surface area contributed by atoms with Crippen molar-refractivity contribution < 1.29 is 8.83 Å². The molecule has 198 valence electrons. The van der Waals surface area contributed by atoms with E-state index in [1.54, 1.807) is 37.3 Å². The molecule has 0 atom stereocenters. The summed E-state index contributed by atoms with van der Waals surface area (Å²) >= 11 is 0. The quantitative estimate of drug-likeness (QED) is 0.202. The zero-order valence-electron chi connectivity index (χ0n) is 22.3. The number of benzene rings is 4. The zero-order chi connectivity index (χ0) is 27.9. The Balaban J connectivity index is 1.47. The lowest BCUT2D eigenvalue weighted by Crippen LogP contribution is -1.93. The molecule has 6 nitrogen and oxygen atoms in total. The Bertz CT molecular complexity index is 2190. The molecule has 0 spiro atoms. The van der Waals surface area contributed by atoms with Crippen molar-refractivity contribution in [3.05, 3.63) is 135 Å². The van der Waals surface area contributed by atoms with Gasteiger partial charge in [-0.3, -0.25) is 9.97 Å². The lowest BCUT2D eigenvalue weighted by molar-refractivity contribution is 0.574. The fourth-order valence-electron chi connectivity index (χ4n) is 5.73. The fourth-order valence-corrected chi connectivity index (χ4v) is 5.73. The summed E-state index contributed by atoms with van der Waals surface area (Å²) in [6.07, 6.45) is 13.8. The minimum absolute atomic E-state index is 0.536. The largest absolute Gasteiger partial charge is 0.444 e. The van der Waals surface area contributed by atoms with Gasteiger partial charge in [-0.2, -0.15) is 0 Å². The maximum absolute atomic E-state index is 5.61. The number of aromatic nitrogens is 4. The summed E-state index contributed by atoms with van der Waals surface area (Å²) in [6, 6.07) is 29.8. The van der Waals surface area contributed by atoms with Gasteiger partial charge in [-0.05, 0) is 62.0 Å². The number of oxazole rings is 2. The third-order valence-corrected chi connectivity index (χ3v) is 7.54. The molecule has 8 aromatic rings. The Labute approximate surface area is 241 Å². The van der Waals surface area contributed by atoms with Crippen LogP contribution in [0.25, 0.3) is 77.8 Å². The lowest BCUT2D eigenvalue weighted by Gasteiger charge is -2.19. The average Bonchev–Trinajstić information content (AvgIpc) is 3.80. The molecule has 0 aliphatic rings. The molecule has 4 heterocycles. The molecule has 0 aliphatic carbocycles. The third-order valence-electron chi connectivity index (χ3n) is 7.54. The molecule has 8 rings (SSSR count). The maximum atomic E-state index is 5.61. The Morgan fingerprint density at radius 3 is 1.50 bits per heavy atom. The molecule has 0 aliphatic heterocycles. The normalized spacial score (nSPS) is 11.3. The summed E-state index contributed by atoms with van der Waals surface area (Å²) < 4.78 is 11.2. The number of pyridine rings is 2. The van der Waals surface area contributed by atoms with Gasteiger partial charge in [0.25, 0.3) is 0 Å². The van der Waals surface area contributed by atoms with E-state index in [4.69, 9.17) is 8.83 Å². The number of rotatable bonds is 5. The molecule has 6 heteroatoms. The van der Waals surface area contributed by atoms with Crippen LogP contribution < -0.4 is 0 Å². The highest BCUT2D eigenvalue weighted by atomic mass is 16.3. The molecular formula is C36H22N4O2. The van der Waals surface area contributed by atoms with Crippen LogP contribution in [0, 0.1) is 0 Å². The number of hydrogen-bond donors (Lipinski definition) is 0. The van der Waals surface area contributed by atoms with E-state index in [9.17, 15) is 0 Å². The van der Waals surface area contributed by atoms with Crippen LogP contribution in [-0.2, 0) is 0 Å². The Morgan fingerprint density at radius 1 is 0.405 bits per heavy atom. The molecule has 0 saturated carbocycles. The number of fused-ring (bicyclic) bond motifs is 2. The minimum Gasteiger partial charge on any atom is -0.444 e. The Morgan fingerprint density at radius 2 is 0.929 bits per heavy atom. The molecule has 0 amide bonds. The standard InChI is InChI=1S/C36H22N4O2/c1-2-6-23(7-3-1)24-10-11-31-32(18-24)34(26-17-28(22-38-20-26)36-40-13-15-42-36)30-9-5-4-8-29(30)33(31)25-16-27(21-37-19-25)35-39-12-14-41-35/h1-22H. The van der Waals surface area contributed by atoms with Crippen molar-refractivity contribution in [3.63, 3.8) is 0 Å². The van der Waals surface area contributed by atoms with Crippen LogP contribution in [0.2, 0.25) is 0 Å². The van der Waals surface area contributed by atoms with Gasteiger partial charge in [-0.15, -0.1) is 0 Å². The summed E-state index contributed by atoms with van der Waals surface area (Å²) in [6.45, 7) is 0. The van der Waals surface area contributed by atoms with Crippen LogP contribution in [0.5, 0.6) is 0 Å². The van der Waals surface area contributed by atoms with E-state index in [0.29, 0.717) is 11.8 Å². The summed E-state index contributed by atoms with van der Waals surface area (Å²) in [4.78, 5) is 17.9. The van der Waals surface area contributed by atoms with Gasteiger partial charge in [-0.25, -0.2) is 9.97 Å². The van der Waals surface area contributed by atoms with E-state index in [-0.39, 0.29) is 0 Å². The van der Waals surface area contributed by atoms with Gasteiger partial charge in [0, 0.05) is 35.9 Å². The third kappa shape index (κ3) is 4.05. The van der Waals surface area contributed by atoms with Crippen LogP contribution >= 0.6 is 0 Å². The first-order chi connectivity index (χ1) is 20.8. The second-order valence-corrected chi connectivity index (χ2v) is 10.0. The minimum atomic E-state index is 0.536.